The SMILES string of the molecule is Cl.O=C(Cl)OCC(F)(F)F.O=C1CCC(N2C(=O)c3cccc(NCc4cnn(C5CCN(C(=O)OCC(F)(F)F)CC5)c4)c3C2=O)C(=O)N1.O=C1CCC(N2C(=O)c3cccc(NCc4cnn(C5CCNCC5)c4)c3C2=O)C(=O)N1. The Morgan fingerprint density at radius 2 is 1.04 bits per heavy atom. The molecule has 4 fully saturated rings. The highest BCUT2D eigenvalue weighted by Crippen LogP contribution is 2.35. The zero-order valence-electron chi connectivity index (χ0n) is 43.0. The fourth-order valence-corrected chi connectivity index (χ4v) is 9.87. The number of aromatic nitrogens is 4. The molecule has 0 radical (unpaired) electrons. The molecule has 2 aromatic carbocycles. The predicted molar refractivity (Wildman–Crippen MR) is 274 cm³/mol. The van der Waals surface area contributed by atoms with E-state index in [1.54, 1.807) is 53.6 Å². The van der Waals surface area contributed by atoms with Gasteiger partial charge in [0.15, 0.2) is 13.2 Å². The number of halogens is 8. The number of ether oxygens (including phenoxy) is 2. The summed E-state index contributed by atoms with van der Waals surface area (Å²) in [6.45, 7) is -0.131. The molecule has 0 bridgehead atoms. The van der Waals surface area contributed by atoms with Gasteiger partial charge in [-0.2, -0.15) is 36.5 Å². The molecule has 2 unspecified atom stereocenters. The van der Waals surface area contributed by atoms with Crippen LogP contribution >= 0.6 is 24.0 Å². The van der Waals surface area contributed by atoms with Crippen molar-refractivity contribution in [1.82, 2.24) is 50.2 Å². The molecule has 4 aromatic rings. The average Bonchev–Trinajstić information content (AvgIpc) is 4.43. The molecule has 0 spiro atoms. The Morgan fingerprint density at radius 3 is 1.44 bits per heavy atom. The zero-order valence-corrected chi connectivity index (χ0v) is 44.6. The molecule has 0 aliphatic carbocycles. The molecule has 82 heavy (non-hydrogen) atoms. The number of hydrogen-bond acceptors (Lipinski definition) is 17. The number of fused-ring (bicyclic) bond motifs is 2. The summed E-state index contributed by atoms with van der Waals surface area (Å²) in [4.78, 5) is 124. The quantitative estimate of drug-likeness (QED) is 0.0674. The minimum atomic E-state index is -4.58. The van der Waals surface area contributed by atoms with E-state index in [1.165, 1.54) is 11.0 Å². The van der Waals surface area contributed by atoms with Crippen LogP contribution < -0.4 is 26.6 Å². The van der Waals surface area contributed by atoms with Crippen LogP contribution in [0.2, 0.25) is 0 Å². The van der Waals surface area contributed by atoms with Crippen LogP contribution in [0.15, 0.2) is 61.2 Å². The van der Waals surface area contributed by atoms with Gasteiger partial charge in [0.2, 0.25) is 23.6 Å². The van der Waals surface area contributed by atoms with Gasteiger partial charge in [-0.1, -0.05) is 12.1 Å². The van der Waals surface area contributed by atoms with Crippen LogP contribution in [0, 0.1) is 0 Å². The van der Waals surface area contributed by atoms with Crippen molar-refractivity contribution >= 4 is 94.2 Å². The Kier molecular flexibility index (Phi) is 19.7. The molecule has 2 atom stereocenters. The second kappa shape index (κ2) is 26.2. The molecule has 6 aliphatic rings. The molecule has 10 rings (SSSR count). The fraction of sp³-hybridized carbons (Fsp3) is 0.440. The molecular weight excluding hydrogens is 1150 g/mol. The van der Waals surface area contributed by atoms with Crippen LogP contribution in [0.1, 0.15) is 116 Å². The second-order valence-corrected chi connectivity index (χ2v) is 19.5. The lowest BCUT2D eigenvalue weighted by Crippen LogP contribution is -2.54. The van der Waals surface area contributed by atoms with Crippen molar-refractivity contribution in [3.63, 3.8) is 0 Å². The van der Waals surface area contributed by atoms with E-state index in [0.717, 1.165) is 46.9 Å². The van der Waals surface area contributed by atoms with Crippen LogP contribution in [0.5, 0.6) is 0 Å². The summed E-state index contributed by atoms with van der Waals surface area (Å²) in [5.74, 6) is -4.39. The first-order valence-electron chi connectivity index (χ1n) is 25.3. The Hall–Kier alpha value is -8.12. The molecule has 6 aliphatic heterocycles. The van der Waals surface area contributed by atoms with Crippen molar-refractivity contribution in [3.05, 3.63) is 94.6 Å². The minimum absolute atomic E-state index is 0. The Labute approximate surface area is 472 Å². The van der Waals surface area contributed by atoms with Gasteiger partial charge in [-0.15, -0.1) is 12.4 Å². The van der Waals surface area contributed by atoms with Crippen molar-refractivity contribution < 1.29 is 83.8 Å². The molecule has 4 saturated heterocycles. The van der Waals surface area contributed by atoms with E-state index in [-0.39, 0.29) is 86.0 Å². The Morgan fingerprint density at radius 1 is 0.610 bits per heavy atom. The third-order valence-corrected chi connectivity index (χ3v) is 13.8. The molecule has 0 saturated carbocycles. The number of benzene rings is 2. The average molecular weight is 1200 g/mol. The topological polar surface area (TPSA) is 295 Å². The molecular formula is C50H52Cl2F6N12O12. The highest BCUT2D eigenvalue weighted by molar-refractivity contribution is 6.61. The summed E-state index contributed by atoms with van der Waals surface area (Å²) in [5.41, 5.74) is 2.05. The number of imide groups is 4. The maximum atomic E-state index is 13.2. The third kappa shape index (κ3) is 14.9. The lowest BCUT2D eigenvalue weighted by Gasteiger charge is -2.31. The number of nitrogens with zero attached hydrogens (tertiary/aromatic N) is 7. The number of carbonyl (C=O) groups is 10. The molecule has 5 N–H and O–H groups in total. The second-order valence-electron chi connectivity index (χ2n) is 19.2. The van der Waals surface area contributed by atoms with Gasteiger partial charge in [-0.05, 0) is 75.9 Å². The summed E-state index contributed by atoms with van der Waals surface area (Å²) in [5, 5.41) is 23.0. The third-order valence-electron chi connectivity index (χ3n) is 13.7. The van der Waals surface area contributed by atoms with E-state index in [2.05, 4.69) is 57.9 Å². The summed E-state index contributed by atoms with van der Waals surface area (Å²) in [7, 11) is 0. The molecule has 9 amide bonds. The van der Waals surface area contributed by atoms with Gasteiger partial charge in [-0.3, -0.25) is 68.2 Å². The maximum Gasteiger partial charge on any atom is 0.422 e. The highest BCUT2D eigenvalue weighted by atomic mass is 35.5. The molecule has 440 valence electrons. The number of carbonyl (C=O) groups excluding carboxylic acids is 10. The van der Waals surface area contributed by atoms with Crippen molar-refractivity contribution in [1.29, 1.82) is 0 Å². The molecule has 8 heterocycles. The molecule has 24 nitrogen and oxygen atoms in total. The Balaban J connectivity index is 0.000000206. The Bertz CT molecular complexity index is 3120. The molecule has 2 aromatic heterocycles. The summed E-state index contributed by atoms with van der Waals surface area (Å²) < 4.78 is 81.6. The lowest BCUT2D eigenvalue weighted by molar-refractivity contribution is -0.162. The van der Waals surface area contributed by atoms with Crippen molar-refractivity contribution in [2.75, 3.05) is 50.0 Å². The van der Waals surface area contributed by atoms with E-state index in [9.17, 15) is 74.3 Å². The summed E-state index contributed by atoms with van der Waals surface area (Å²) >= 11 is 4.42. The first-order valence-corrected chi connectivity index (χ1v) is 25.6. The minimum Gasteiger partial charge on any atom is -0.444 e. The van der Waals surface area contributed by atoms with E-state index in [1.807, 2.05) is 10.9 Å². The fourth-order valence-electron chi connectivity index (χ4n) is 9.81. The number of hydrogen-bond donors (Lipinski definition) is 5. The summed E-state index contributed by atoms with van der Waals surface area (Å²) in [6, 6.07) is 8.10. The van der Waals surface area contributed by atoms with Crippen molar-refractivity contribution in [2.45, 2.75) is 101 Å². The van der Waals surface area contributed by atoms with Gasteiger partial charge < -0.3 is 30.3 Å². The van der Waals surface area contributed by atoms with Gasteiger partial charge >= 0.3 is 23.9 Å². The number of amides is 9. The van der Waals surface area contributed by atoms with Gasteiger partial charge in [0.05, 0.1) is 46.7 Å². The van der Waals surface area contributed by atoms with Gasteiger partial charge in [0.25, 0.3) is 23.6 Å². The van der Waals surface area contributed by atoms with Gasteiger partial charge in [0.1, 0.15) is 12.1 Å². The van der Waals surface area contributed by atoms with Gasteiger partial charge in [0, 0.05) is 85.5 Å². The zero-order chi connectivity index (χ0) is 58.3. The van der Waals surface area contributed by atoms with E-state index in [0.29, 0.717) is 36.8 Å². The summed E-state index contributed by atoms with van der Waals surface area (Å²) in [6.07, 6.45) is 0.509. The van der Waals surface area contributed by atoms with Crippen LogP contribution in [0.3, 0.4) is 0 Å². The monoisotopic (exact) mass is 1200 g/mol. The lowest BCUT2D eigenvalue weighted by atomic mass is 10.0. The standard InChI is InChI=1S/C25H25F3N6O6.C22H24N6O4.C3H2ClF3O2.ClH/c26-25(27,28)13-40-24(39)32-8-6-15(7-9-32)33-12-14(11-30-33)10-29-17-3-1-2-16-20(17)23(38)34(22(16)37)18-4-5-19(35)31-21(18)36;29-18-5-4-17(20(30)26-18)28-21(31)15-2-1-3-16(19(15)22(28)32)24-10-13-11-25-27(12-13)14-6-8-23-9-7-14;4-2(8)9-1-3(5,6)7;/h1-3,11-12,15,18,29H,4-10,13H2,(H,31,35,36);1-3,11-12,14,17,23-24H,4-10H2,(H,26,29,30);1H2;1H. The number of nitrogens with one attached hydrogen (secondary N) is 5. The maximum absolute atomic E-state index is 13.2. The number of rotatable bonds is 12. The van der Waals surface area contributed by atoms with E-state index in [4.69, 9.17) is 0 Å². The van der Waals surface area contributed by atoms with Crippen molar-refractivity contribution in [3.8, 4) is 0 Å². The van der Waals surface area contributed by atoms with Gasteiger partial charge in [-0.25, -0.2) is 9.59 Å². The van der Waals surface area contributed by atoms with Crippen LogP contribution in [-0.4, -0.2) is 157 Å². The number of alkyl halides is 6. The van der Waals surface area contributed by atoms with E-state index >= 15 is 0 Å². The smallest absolute Gasteiger partial charge is 0.422 e. The normalized spacial score (nSPS) is 19.4. The first-order chi connectivity index (χ1) is 38.5. The highest BCUT2D eigenvalue weighted by Gasteiger charge is 2.47. The first kappa shape index (κ1) is 61.5. The largest absolute Gasteiger partial charge is 0.444 e. The molecule has 32 heteroatoms. The van der Waals surface area contributed by atoms with Crippen LogP contribution in [0.4, 0.5) is 47.3 Å². The van der Waals surface area contributed by atoms with E-state index < -0.39 is 96.4 Å². The van der Waals surface area contributed by atoms with Crippen LogP contribution in [-0.2, 0) is 41.7 Å². The number of likely N-dealkylation sites (tertiary alicyclic amines) is 1. The van der Waals surface area contributed by atoms with Crippen molar-refractivity contribution in [2.24, 2.45) is 0 Å². The number of anilines is 2. The predicted octanol–water partition coefficient (Wildman–Crippen LogP) is 5.40. The van der Waals surface area contributed by atoms with Crippen LogP contribution in [0.25, 0.3) is 0 Å². The number of piperidine rings is 4.